The van der Waals surface area contributed by atoms with E-state index in [9.17, 15) is 13.2 Å². The molecule has 5 rings (SSSR count). The van der Waals surface area contributed by atoms with E-state index in [2.05, 4.69) is 4.98 Å². The van der Waals surface area contributed by atoms with Gasteiger partial charge in [-0.2, -0.15) is 13.2 Å². The van der Waals surface area contributed by atoms with Gasteiger partial charge in [-0.1, -0.05) is 42.5 Å². The number of alkyl halides is 3. The Morgan fingerprint density at radius 3 is 2.37 bits per heavy atom. The summed E-state index contributed by atoms with van der Waals surface area (Å²) in [5.41, 5.74) is 1.89. The molecule has 0 fully saturated rings. The number of nitrogens with zero attached hydrogens (tertiary/aromatic N) is 3. The molecule has 0 amide bonds. The van der Waals surface area contributed by atoms with Crippen molar-refractivity contribution in [3.63, 3.8) is 0 Å². The van der Waals surface area contributed by atoms with Crippen LogP contribution in [0.5, 0.6) is 0 Å². The zero-order valence-electron chi connectivity index (χ0n) is 14.1. The molecule has 2 aromatic carbocycles. The molecular formula is C21H14F3N3. The minimum absolute atomic E-state index is 0.0857. The zero-order chi connectivity index (χ0) is 18.6. The lowest BCUT2D eigenvalue weighted by Crippen LogP contribution is -2.38. The predicted molar refractivity (Wildman–Crippen MR) is 99.2 cm³/mol. The summed E-state index contributed by atoms with van der Waals surface area (Å²) in [7, 11) is 0. The maximum absolute atomic E-state index is 13.8. The number of hydrogen-bond donors (Lipinski definition) is 0. The Morgan fingerprint density at radius 2 is 1.59 bits per heavy atom. The van der Waals surface area contributed by atoms with Gasteiger partial charge in [-0.3, -0.25) is 4.90 Å². The van der Waals surface area contributed by atoms with E-state index in [1.165, 1.54) is 6.20 Å². The van der Waals surface area contributed by atoms with E-state index in [4.69, 9.17) is 0 Å². The number of pyridine rings is 1. The Bertz CT molecular complexity index is 1040. The van der Waals surface area contributed by atoms with Crippen LogP contribution in [-0.4, -0.2) is 11.1 Å². The summed E-state index contributed by atoms with van der Waals surface area (Å²) in [6, 6.07) is 17.8. The fourth-order valence-corrected chi connectivity index (χ4v) is 3.80. The molecule has 0 spiro atoms. The van der Waals surface area contributed by atoms with Gasteiger partial charge in [0, 0.05) is 11.9 Å². The Hall–Kier alpha value is -3.28. The molecule has 0 radical (unpaired) electrons. The minimum atomic E-state index is -4.47. The molecule has 3 nitrogen and oxygen atoms in total. The van der Waals surface area contributed by atoms with E-state index >= 15 is 0 Å². The van der Waals surface area contributed by atoms with Gasteiger partial charge in [0.2, 0.25) is 0 Å². The monoisotopic (exact) mass is 365 g/mol. The predicted octanol–water partition coefficient (Wildman–Crippen LogP) is 5.74. The maximum Gasteiger partial charge on any atom is 0.418 e. The minimum Gasteiger partial charge on any atom is -0.313 e. The molecule has 1 unspecified atom stereocenters. The Labute approximate surface area is 154 Å². The van der Waals surface area contributed by atoms with Crippen molar-refractivity contribution < 1.29 is 13.2 Å². The second-order valence-electron chi connectivity index (χ2n) is 6.44. The normalized spacial score (nSPS) is 17.5. The highest BCUT2D eigenvalue weighted by molar-refractivity contribution is 5.93. The number of hydrogen-bond acceptors (Lipinski definition) is 3. The standard InChI is InChI=1S/C21H14F3N3/c22-21(23,24)16-12-13-25-20-19(16)26(15-7-2-1-3-8-15)18-11-10-14-6-4-5-9-17(14)27(18)20/h1-13,18H. The number of rotatable bonds is 1. The first kappa shape index (κ1) is 15.9. The van der Waals surface area contributed by atoms with Gasteiger partial charge in [-0.25, -0.2) is 4.98 Å². The quantitative estimate of drug-likeness (QED) is 0.548. The van der Waals surface area contributed by atoms with E-state index in [1.807, 2.05) is 71.6 Å². The number of aromatic nitrogens is 1. The molecule has 2 aliphatic heterocycles. The molecular weight excluding hydrogens is 351 g/mol. The highest BCUT2D eigenvalue weighted by Gasteiger charge is 2.46. The van der Waals surface area contributed by atoms with Gasteiger partial charge in [0.15, 0.2) is 5.82 Å². The van der Waals surface area contributed by atoms with Crippen molar-refractivity contribution in [1.82, 2.24) is 4.98 Å². The van der Waals surface area contributed by atoms with Gasteiger partial charge in [-0.15, -0.1) is 0 Å². The summed E-state index contributed by atoms with van der Waals surface area (Å²) in [5, 5.41) is 0. The molecule has 0 N–H and O–H groups in total. The van der Waals surface area contributed by atoms with Crippen LogP contribution in [0.4, 0.5) is 36.1 Å². The molecule has 0 saturated carbocycles. The first-order valence-corrected chi connectivity index (χ1v) is 8.52. The summed E-state index contributed by atoms with van der Waals surface area (Å²) >= 11 is 0. The largest absolute Gasteiger partial charge is 0.418 e. The number of para-hydroxylation sites is 2. The molecule has 27 heavy (non-hydrogen) atoms. The van der Waals surface area contributed by atoms with Crippen LogP contribution in [0.15, 0.2) is 72.9 Å². The van der Waals surface area contributed by atoms with Crippen molar-refractivity contribution in [2.45, 2.75) is 12.3 Å². The number of fused-ring (bicyclic) bond motifs is 5. The highest BCUT2D eigenvalue weighted by atomic mass is 19.4. The van der Waals surface area contributed by atoms with Crippen LogP contribution in [0.1, 0.15) is 11.1 Å². The van der Waals surface area contributed by atoms with Gasteiger partial charge in [0.1, 0.15) is 6.17 Å². The van der Waals surface area contributed by atoms with Gasteiger partial charge >= 0.3 is 6.18 Å². The molecule has 134 valence electrons. The second-order valence-corrected chi connectivity index (χ2v) is 6.44. The van der Waals surface area contributed by atoms with E-state index in [0.717, 1.165) is 17.3 Å². The Morgan fingerprint density at radius 1 is 0.852 bits per heavy atom. The van der Waals surface area contributed by atoms with Gasteiger partial charge in [0.25, 0.3) is 0 Å². The maximum atomic E-state index is 13.8. The third kappa shape index (κ3) is 2.33. The number of halogens is 3. The van der Waals surface area contributed by atoms with Gasteiger partial charge in [-0.05, 0) is 35.9 Å². The number of benzene rings is 2. The van der Waals surface area contributed by atoms with Crippen LogP contribution >= 0.6 is 0 Å². The third-order valence-electron chi connectivity index (χ3n) is 4.89. The van der Waals surface area contributed by atoms with Crippen molar-refractivity contribution in [3.8, 4) is 0 Å². The van der Waals surface area contributed by atoms with Crippen LogP contribution in [0.25, 0.3) is 6.08 Å². The van der Waals surface area contributed by atoms with Crippen LogP contribution in [0.2, 0.25) is 0 Å². The molecule has 3 aromatic rings. The molecule has 3 heterocycles. The summed E-state index contributed by atoms with van der Waals surface area (Å²) < 4.78 is 41.4. The molecule has 1 atom stereocenters. The number of anilines is 4. The van der Waals surface area contributed by atoms with Crippen LogP contribution in [0.3, 0.4) is 0 Å². The Kier molecular flexibility index (Phi) is 3.31. The van der Waals surface area contributed by atoms with E-state index in [-0.39, 0.29) is 5.69 Å². The van der Waals surface area contributed by atoms with E-state index < -0.39 is 17.9 Å². The molecule has 6 heteroatoms. The van der Waals surface area contributed by atoms with Crippen molar-refractivity contribution in [2.24, 2.45) is 0 Å². The summed E-state index contributed by atoms with van der Waals surface area (Å²) in [5.74, 6) is 0.315. The van der Waals surface area contributed by atoms with Crippen LogP contribution in [0, 0.1) is 0 Å². The smallest absolute Gasteiger partial charge is 0.313 e. The molecule has 0 saturated heterocycles. The van der Waals surface area contributed by atoms with Gasteiger partial charge < -0.3 is 4.90 Å². The summed E-state index contributed by atoms with van der Waals surface area (Å²) in [4.78, 5) is 7.92. The lowest BCUT2D eigenvalue weighted by atomic mass is 10.1. The third-order valence-corrected chi connectivity index (χ3v) is 4.89. The molecule has 2 aliphatic rings. The fraction of sp³-hybridized carbons (Fsp3) is 0.0952. The first-order valence-electron chi connectivity index (χ1n) is 8.52. The lowest BCUT2D eigenvalue weighted by molar-refractivity contribution is -0.137. The van der Waals surface area contributed by atoms with Crippen molar-refractivity contribution in [1.29, 1.82) is 0 Å². The molecule has 0 aliphatic carbocycles. The Balaban J connectivity index is 1.81. The topological polar surface area (TPSA) is 19.4 Å². The highest BCUT2D eigenvalue weighted by Crippen LogP contribution is 2.53. The first-order chi connectivity index (χ1) is 13.1. The van der Waals surface area contributed by atoms with Crippen LogP contribution in [-0.2, 0) is 6.18 Å². The summed E-state index contributed by atoms with van der Waals surface area (Å²) in [6.45, 7) is 0. The zero-order valence-corrected chi connectivity index (χ0v) is 14.1. The van der Waals surface area contributed by atoms with Crippen molar-refractivity contribution >= 4 is 29.0 Å². The summed E-state index contributed by atoms with van der Waals surface area (Å²) in [6.07, 6.45) is 0.211. The van der Waals surface area contributed by atoms with Crippen molar-refractivity contribution in [2.75, 3.05) is 9.80 Å². The van der Waals surface area contributed by atoms with Crippen LogP contribution < -0.4 is 9.80 Å². The second kappa shape index (κ2) is 5.61. The average molecular weight is 365 g/mol. The van der Waals surface area contributed by atoms with Gasteiger partial charge in [0.05, 0.1) is 16.9 Å². The van der Waals surface area contributed by atoms with Crippen molar-refractivity contribution in [3.05, 3.63) is 84.1 Å². The molecule has 0 bridgehead atoms. The average Bonchev–Trinajstić information content (AvgIpc) is 3.02. The lowest BCUT2D eigenvalue weighted by Gasteiger charge is -2.34. The fourth-order valence-electron chi connectivity index (χ4n) is 3.80. The van der Waals surface area contributed by atoms with E-state index in [1.54, 1.807) is 4.90 Å². The molecule has 1 aromatic heterocycles. The van der Waals surface area contributed by atoms with E-state index in [0.29, 0.717) is 11.5 Å². The SMILES string of the molecule is FC(F)(F)c1ccnc2c1N(c1ccccc1)C1C=Cc3ccccc3N21.